The van der Waals surface area contributed by atoms with Crippen LogP contribution in [0.1, 0.15) is 16.9 Å². The Morgan fingerprint density at radius 2 is 1.70 bits per heavy atom. The van der Waals surface area contributed by atoms with E-state index in [0.29, 0.717) is 11.4 Å². The second-order valence-electron chi connectivity index (χ2n) is 6.41. The third-order valence-electron chi connectivity index (χ3n) is 4.15. The number of nitrogens with one attached hydrogen (secondary N) is 1. The quantitative estimate of drug-likeness (QED) is 0.695. The fourth-order valence-corrected chi connectivity index (χ4v) is 2.71. The van der Waals surface area contributed by atoms with Crippen LogP contribution in [0.2, 0.25) is 0 Å². The zero-order valence-corrected chi connectivity index (χ0v) is 15.2. The van der Waals surface area contributed by atoms with Gasteiger partial charge < -0.3 is 14.6 Å². The summed E-state index contributed by atoms with van der Waals surface area (Å²) in [5.74, 6) is 0.267. The third kappa shape index (κ3) is 5.57. The number of furan rings is 1. The Morgan fingerprint density at radius 1 is 0.963 bits per heavy atom. The molecule has 0 saturated carbocycles. The Morgan fingerprint density at radius 3 is 2.37 bits per heavy atom. The number of amides is 2. The van der Waals surface area contributed by atoms with Crippen molar-refractivity contribution >= 4 is 17.5 Å². The molecule has 0 aliphatic rings. The average Bonchev–Trinajstić information content (AvgIpc) is 3.17. The highest BCUT2D eigenvalue weighted by atomic mass is 16.3. The molecule has 1 N–H and O–H groups in total. The first-order valence-corrected chi connectivity index (χ1v) is 8.81. The standard InChI is InChI=1S/C22H22N2O3/c1-17-9-11-18(12-10-17)14-22(26)24(15-20-8-5-13-27-20)16-21(25)23-19-6-3-2-4-7-19/h2-13H,14-16H2,1H3,(H,23,25). The van der Waals surface area contributed by atoms with Crippen molar-refractivity contribution in [3.63, 3.8) is 0 Å². The SMILES string of the molecule is Cc1ccc(CC(=O)N(CC(=O)Nc2ccccc2)Cc2ccco2)cc1. The van der Waals surface area contributed by atoms with E-state index >= 15 is 0 Å². The molecule has 3 aromatic rings. The number of hydrogen-bond donors (Lipinski definition) is 1. The molecule has 2 amide bonds. The molecule has 5 nitrogen and oxygen atoms in total. The van der Waals surface area contributed by atoms with Gasteiger partial charge in [-0.15, -0.1) is 0 Å². The topological polar surface area (TPSA) is 62.6 Å². The summed E-state index contributed by atoms with van der Waals surface area (Å²) in [6, 6.07) is 20.6. The highest BCUT2D eigenvalue weighted by Gasteiger charge is 2.19. The number of rotatable bonds is 7. The van der Waals surface area contributed by atoms with Gasteiger partial charge in [-0.25, -0.2) is 0 Å². The summed E-state index contributed by atoms with van der Waals surface area (Å²) in [5, 5.41) is 2.81. The molecule has 5 heteroatoms. The van der Waals surface area contributed by atoms with Crippen molar-refractivity contribution in [3.8, 4) is 0 Å². The highest BCUT2D eigenvalue weighted by Crippen LogP contribution is 2.11. The lowest BCUT2D eigenvalue weighted by molar-refractivity contribution is -0.134. The minimum atomic E-state index is -0.245. The summed E-state index contributed by atoms with van der Waals surface area (Å²) in [4.78, 5) is 26.7. The van der Waals surface area contributed by atoms with Crippen LogP contribution >= 0.6 is 0 Å². The summed E-state index contributed by atoms with van der Waals surface area (Å²) in [6.45, 7) is 2.21. The van der Waals surface area contributed by atoms with Gasteiger partial charge >= 0.3 is 0 Å². The predicted octanol–water partition coefficient (Wildman–Crippen LogP) is 3.80. The van der Waals surface area contributed by atoms with Crippen molar-refractivity contribution in [3.05, 3.63) is 89.9 Å². The summed E-state index contributed by atoms with van der Waals surface area (Å²) in [7, 11) is 0. The number of carbonyl (C=O) groups excluding carboxylic acids is 2. The van der Waals surface area contributed by atoms with Crippen molar-refractivity contribution in [2.45, 2.75) is 19.9 Å². The van der Waals surface area contributed by atoms with Crippen LogP contribution in [0.4, 0.5) is 5.69 Å². The lowest BCUT2D eigenvalue weighted by atomic mass is 10.1. The zero-order valence-electron chi connectivity index (χ0n) is 15.2. The van der Waals surface area contributed by atoms with Crippen LogP contribution in [0, 0.1) is 6.92 Å². The summed E-state index contributed by atoms with van der Waals surface area (Å²) in [5.41, 5.74) is 2.76. The van der Waals surface area contributed by atoms with Crippen LogP contribution in [-0.4, -0.2) is 23.3 Å². The number of para-hydroxylation sites is 1. The summed E-state index contributed by atoms with van der Waals surface area (Å²) >= 11 is 0. The number of benzene rings is 2. The van der Waals surface area contributed by atoms with Crippen LogP contribution in [0.3, 0.4) is 0 Å². The molecule has 27 heavy (non-hydrogen) atoms. The van der Waals surface area contributed by atoms with E-state index in [9.17, 15) is 9.59 Å². The molecule has 2 aromatic carbocycles. The van der Waals surface area contributed by atoms with E-state index in [1.165, 1.54) is 4.90 Å². The van der Waals surface area contributed by atoms with Crippen LogP contribution in [0.5, 0.6) is 0 Å². The van der Waals surface area contributed by atoms with E-state index in [0.717, 1.165) is 11.1 Å². The lowest BCUT2D eigenvalue weighted by Crippen LogP contribution is -2.38. The Labute approximate surface area is 158 Å². The Kier molecular flexibility index (Phi) is 6.05. The Hall–Kier alpha value is -3.34. The van der Waals surface area contributed by atoms with Gasteiger partial charge in [0, 0.05) is 5.69 Å². The number of aryl methyl sites for hydroxylation is 1. The van der Waals surface area contributed by atoms with E-state index in [4.69, 9.17) is 4.42 Å². The molecule has 0 saturated heterocycles. The van der Waals surface area contributed by atoms with Crippen LogP contribution in [0.25, 0.3) is 0 Å². The van der Waals surface area contributed by atoms with Crippen LogP contribution in [-0.2, 0) is 22.6 Å². The van der Waals surface area contributed by atoms with Crippen molar-refractivity contribution in [1.29, 1.82) is 0 Å². The average molecular weight is 362 g/mol. The molecule has 1 aromatic heterocycles. The van der Waals surface area contributed by atoms with E-state index in [2.05, 4.69) is 5.32 Å². The Balaban J connectivity index is 1.68. The smallest absolute Gasteiger partial charge is 0.244 e. The largest absolute Gasteiger partial charge is 0.467 e. The molecule has 1 heterocycles. The van der Waals surface area contributed by atoms with Crippen LogP contribution in [0.15, 0.2) is 77.4 Å². The molecule has 3 rings (SSSR count). The molecule has 0 aliphatic carbocycles. The van der Waals surface area contributed by atoms with Gasteiger partial charge in [-0.2, -0.15) is 0 Å². The first-order valence-electron chi connectivity index (χ1n) is 8.81. The van der Waals surface area contributed by atoms with E-state index < -0.39 is 0 Å². The number of anilines is 1. The Bertz CT molecular complexity index is 872. The molecule has 0 fully saturated rings. The van der Waals surface area contributed by atoms with E-state index in [1.807, 2.05) is 61.5 Å². The first kappa shape index (κ1) is 18.5. The maximum atomic E-state index is 12.8. The fraction of sp³-hybridized carbons (Fsp3) is 0.182. The summed E-state index contributed by atoms with van der Waals surface area (Å²) < 4.78 is 5.35. The molecular formula is C22H22N2O3. The van der Waals surface area contributed by atoms with Crippen molar-refractivity contribution < 1.29 is 14.0 Å². The molecule has 0 bridgehead atoms. The van der Waals surface area contributed by atoms with Gasteiger partial charge in [0.1, 0.15) is 12.3 Å². The molecule has 138 valence electrons. The normalized spacial score (nSPS) is 10.4. The minimum absolute atomic E-state index is 0.0414. The second kappa shape index (κ2) is 8.85. The fourth-order valence-electron chi connectivity index (χ4n) is 2.71. The third-order valence-corrected chi connectivity index (χ3v) is 4.15. The van der Waals surface area contributed by atoms with Gasteiger partial charge in [-0.05, 0) is 36.8 Å². The van der Waals surface area contributed by atoms with Crippen molar-refractivity contribution in [2.75, 3.05) is 11.9 Å². The van der Waals surface area contributed by atoms with E-state index in [-0.39, 0.29) is 31.3 Å². The molecule has 0 radical (unpaired) electrons. The number of carbonyl (C=O) groups is 2. The number of nitrogens with zero attached hydrogens (tertiary/aromatic N) is 1. The van der Waals surface area contributed by atoms with Gasteiger partial charge in [0.05, 0.1) is 19.2 Å². The van der Waals surface area contributed by atoms with Gasteiger partial charge in [0.15, 0.2) is 0 Å². The van der Waals surface area contributed by atoms with Crippen molar-refractivity contribution in [1.82, 2.24) is 4.90 Å². The molecule has 0 aliphatic heterocycles. The highest BCUT2D eigenvalue weighted by molar-refractivity contribution is 5.94. The predicted molar refractivity (Wildman–Crippen MR) is 104 cm³/mol. The maximum absolute atomic E-state index is 12.8. The first-order chi connectivity index (χ1) is 13.1. The van der Waals surface area contributed by atoms with Gasteiger partial charge in [-0.3, -0.25) is 9.59 Å². The monoisotopic (exact) mass is 362 g/mol. The van der Waals surface area contributed by atoms with E-state index in [1.54, 1.807) is 18.4 Å². The number of hydrogen-bond acceptors (Lipinski definition) is 3. The van der Waals surface area contributed by atoms with Gasteiger partial charge in [-0.1, -0.05) is 48.0 Å². The molecule has 0 unspecified atom stereocenters. The van der Waals surface area contributed by atoms with Crippen LogP contribution < -0.4 is 5.32 Å². The lowest BCUT2D eigenvalue weighted by Gasteiger charge is -2.21. The minimum Gasteiger partial charge on any atom is -0.467 e. The van der Waals surface area contributed by atoms with Gasteiger partial charge in [0.2, 0.25) is 11.8 Å². The van der Waals surface area contributed by atoms with Gasteiger partial charge in [0.25, 0.3) is 0 Å². The maximum Gasteiger partial charge on any atom is 0.244 e. The summed E-state index contributed by atoms with van der Waals surface area (Å²) in [6.07, 6.45) is 1.79. The molecular weight excluding hydrogens is 340 g/mol. The second-order valence-corrected chi connectivity index (χ2v) is 6.41. The molecule has 0 atom stereocenters. The zero-order chi connectivity index (χ0) is 19.1. The van der Waals surface area contributed by atoms with Crippen molar-refractivity contribution in [2.24, 2.45) is 0 Å². The molecule has 0 spiro atoms.